The van der Waals surface area contributed by atoms with E-state index in [-0.39, 0.29) is 12.2 Å². The summed E-state index contributed by atoms with van der Waals surface area (Å²) in [4.78, 5) is 25.4. The third-order valence-electron chi connectivity index (χ3n) is 5.39. The van der Waals surface area contributed by atoms with Crippen LogP contribution in [0.4, 0.5) is 5.69 Å². The molecular weight excluding hydrogens is 524 g/mol. The summed E-state index contributed by atoms with van der Waals surface area (Å²) in [5.74, 6) is 0.825. The first-order chi connectivity index (χ1) is 17.5. The smallest absolute Gasteiger partial charge is 0.282 e. The molecule has 1 aliphatic heterocycles. The van der Waals surface area contributed by atoms with Crippen LogP contribution in [-0.2, 0) is 16.0 Å². The number of allylic oxidation sites excluding steroid dienone is 1. The maximum atomic E-state index is 12.9. The molecule has 36 heavy (non-hydrogen) atoms. The molecule has 1 saturated heterocycles. The van der Waals surface area contributed by atoms with Crippen molar-refractivity contribution in [2.24, 2.45) is 0 Å². The molecule has 184 valence electrons. The quantitative estimate of drug-likeness (QED) is 0.165. The fourth-order valence-electron chi connectivity index (χ4n) is 3.71. The van der Waals surface area contributed by atoms with Crippen molar-refractivity contribution in [3.8, 4) is 17.2 Å². The van der Waals surface area contributed by atoms with Crippen LogP contribution in [0.2, 0.25) is 0 Å². The molecule has 3 aromatic carbocycles. The molecule has 0 spiro atoms. The van der Waals surface area contributed by atoms with Crippen molar-refractivity contribution >= 4 is 39.5 Å². The number of amides is 2. The van der Waals surface area contributed by atoms with Crippen LogP contribution in [0, 0.1) is 0 Å². The van der Waals surface area contributed by atoms with Gasteiger partial charge in [-0.05, 0) is 69.9 Å². The number of rotatable bonds is 10. The molecule has 0 radical (unpaired) electrons. The van der Waals surface area contributed by atoms with E-state index >= 15 is 0 Å². The van der Waals surface area contributed by atoms with E-state index in [9.17, 15) is 9.59 Å². The van der Waals surface area contributed by atoms with Crippen LogP contribution in [0.25, 0.3) is 6.08 Å². The first-order valence-electron chi connectivity index (χ1n) is 11.3. The van der Waals surface area contributed by atoms with Gasteiger partial charge in [-0.2, -0.15) is 0 Å². The van der Waals surface area contributed by atoms with E-state index < -0.39 is 11.8 Å². The molecule has 1 aliphatic rings. The third-order valence-corrected chi connectivity index (χ3v) is 5.98. The molecule has 0 unspecified atom stereocenters. The summed E-state index contributed by atoms with van der Waals surface area (Å²) in [6, 6.07) is 20.2. The van der Waals surface area contributed by atoms with E-state index in [1.807, 2.05) is 36.4 Å². The normalized spacial score (nSPS) is 14.1. The van der Waals surface area contributed by atoms with Crippen LogP contribution in [0.5, 0.6) is 17.2 Å². The van der Waals surface area contributed by atoms with E-state index in [4.69, 9.17) is 14.2 Å². The van der Waals surface area contributed by atoms with Crippen LogP contribution in [0.1, 0.15) is 11.1 Å². The summed E-state index contributed by atoms with van der Waals surface area (Å²) in [6.07, 6.45) is 4.08. The monoisotopic (exact) mass is 548 g/mol. The zero-order valence-electron chi connectivity index (χ0n) is 19.7. The zero-order valence-corrected chi connectivity index (χ0v) is 21.3. The maximum absolute atomic E-state index is 12.9. The predicted molar refractivity (Wildman–Crippen MR) is 142 cm³/mol. The lowest BCUT2D eigenvalue weighted by Gasteiger charge is -2.15. The van der Waals surface area contributed by atoms with Gasteiger partial charge in [0.1, 0.15) is 24.5 Å². The Kier molecular flexibility index (Phi) is 8.07. The minimum atomic E-state index is -0.479. The van der Waals surface area contributed by atoms with Gasteiger partial charge in [0.25, 0.3) is 11.8 Å². The second kappa shape index (κ2) is 11.6. The van der Waals surface area contributed by atoms with Crippen molar-refractivity contribution in [3.05, 3.63) is 101 Å². The van der Waals surface area contributed by atoms with Crippen molar-refractivity contribution in [2.45, 2.75) is 6.42 Å². The molecule has 0 atom stereocenters. The van der Waals surface area contributed by atoms with Crippen molar-refractivity contribution in [2.75, 3.05) is 25.3 Å². The van der Waals surface area contributed by atoms with Gasteiger partial charge in [-0.1, -0.05) is 42.5 Å². The Labute approximate surface area is 218 Å². The lowest BCUT2D eigenvalue weighted by atomic mass is 10.1. The predicted octanol–water partition coefficient (Wildman–Crippen LogP) is 5.11. The third kappa shape index (κ3) is 5.60. The minimum Gasteiger partial charge on any atom is -0.493 e. The number of hydrogen-bond acceptors (Lipinski definition) is 5. The van der Waals surface area contributed by atoms with Gasteiger partial charge in [-0.15, -0.1) is 6.58 Å². The highest BCUT2D eigenvalue weighted by Gasteiger charge is 2.34. The Balaban J connectivity index is 1.46. The van der Waals surface area contributed by atoms with Gasteiger partial charge in [-0.3, -0.25) is 15.0 Å². The van der Waals surface area contributed by atoms with Gasteiger partial charge in [0.05, 0.1) is 17.3 Å². The summed E-state index contributed by atoms with van der Waals surface area (Å²) in [5.41, 5.74) is 4.86. The van der Waals surface area contributed by atoms with E-state index in [1.165, 1.54) is 18.2 Å². The number of para-hydroxylation sites is 2. The first kappa shape index (κ1) is 25.1. The molecule has 2 amide bonds. The molecule has 0 bridgehead atoms. The van der Waals surface area contributed by atoms with Crippen molar-refractivity contribution in [1.82, 2.24) is 5.43 Å². The fourth-order valence-corrected chi connectivity index (χ4v) is 4.28. The number of carbonyl (C=O) groups excluding carboxylic acids is 2. The van der Waals surface area contributed by atoms with E-state index in [1.54, 1.807) is 36.4 Å². The number of halogens is 1. The van der Waals surface area contributed by atoms with Gasteiger partial charge in [-0.25, -0.2) is 5.01 Å². The molecule has 0 aliphatic carbocycles. The standard InChI is InChI=1S/C28H25BrN2O5/c1-3-9-20-10-7-8-13-24(20)35-14-15-36-26-23(29)17-19(18-25(26)34-2)16-22-27(32)30-31(28(22)33)21-11-5-4-6-12-21/h3-8,10-13,16-18H,1,9,14-15H2,2H3,(H,30,32)/b22-16-. The van der Waals surface area contributed by atoms with Crippen molar-refractivity contribution < 1.29 is 23.8 Å². The molecule has 1 N–H and O–H groups in total. The molecule has 0 aromatic heterocycles. The van der Waals surface area contributed by atoms with Gasteiger partial charge in [0, 0.05) is 0 Å². The first-order valence-corrected chi connectivity index (χ1v) is 12.0. The molecule has 7 nitrogen and oxygen atoms in total. The number of benzene rings is 3. The van der Waals surface area contributed by atoms with Crippen LogP contribution in [0.15, 0.2) is 89.4 Å². The van der Waals surface area contributed by atoms with Crippen molar-refractivity contribution in [1.29, 1.82) is 0 Å². The van der Waals surface area contributed by atoms with Crippen LogP contribution < -0.4 is 24.6 Å². The second-order valence-electron chi connectivity index (χ2n) is 7.81. The number of methoxy groups -OCH3 is 1. The average molecular weight is 549 g/mol. The van der Waals surface area contributed by atoms with Crippen LogP contribution in [0.3, 0.4) is 0 Å². The number of hydrogen-bond donors (Lipinski definition) is 1. The minimum absolute atomic E-state index is 0.0214. The van der Waals surface area contributed by atoms with Crippen LogP contribution in [-0.4, -0.2) is 32.1 Å². The number of nitrogens with one attached hydrogen (secondary N) is 1. The zero-order chi connectivity index (χ0) is 25.5. The molecule has 1 heterocycles. The number of hydrazine groups is 1. The highest BCUT2D eigenvalue weighted by Crippen LogP contribution is 2.37. The number of carbonyl (C=O) groups is 2. The van der Waals surface area contributed by atoms with E-state index in [2.05, 4.69) is 27.9 Å². The molecular formula is C28H25BrN2O5. The van der Waals surface area contributed by atoms with Gasteiger partial charge in [0.2, 0.25) is 0 Å². The maximum Gasteiger partial charge on any atom is 0.282 e. The highest BCUT2D eigenvalue weighted by molar-refractivity contribution is 9.10. The number of anilines is 1. The Morgan fingerprint density at radius 2 is 1.69 bits per heavy atom. The highest BCUT2D eigenvalue weighted by atomic mass is 79.9. The Morgan fingerprint density at radius 1 is 0.972 bits per heavy atom. The molecule has 4 rings (SSSR count). The second-order valence-corrected chi connectivity index (χ2v) is 8.66. The van der Waals surface area contributed by atoms with E-state index in [0.717, 1.165) is 17.7 Å². The molecule has 1 fully saturated rings. The Morgan fingerprint density at radius 3 is 2.44 bits per heavy atom. The summed E-state index contributed by atoms with van der Waals surface area (Å²) < 4.78 is 17.9. The SMILES string of the molecule is C=CCc1ccccc1OCCOc1c(Br)cc(/C=C2/C(=O)NN(c3ccccc3)C2=O)cc1OC. The lowest BCUT2D eigenvalue weighted by molar-refractivity contribution is -0.117. The van der Waals surface area contributed by atoms with Gasteiger partial charge < -0.3 is 14.2 Å². The van der Waals surface area contributed by atoms with E-state index in [0.29, 0.717) is 33.8 Å². The summed E-state index contributed by atoms with van der Waals surface area (Å²) in [7, 11) is 1.53. The summed E-state index contributed by atoms with van der Waals surface area (Å²) in [5, 5.41) is 1.23. The molecule has 8 heteroatoms. The molecule has 0 saturated carbocycles. The van der Waals surface area contributed by atoms with Gasteiger partial charge in [0.15, 0.2) is 11.5 Å². The lowest BCUT2D eigenvalue weighted by Crippen LogP contribution is -2.35. The Bertz CT molecular complexity index is 1310. The van der Waals surface area contributed by atoms with Crippen molar-refractivity contribution in [3.63, 3.8) is 0 Å². The molecule has 3 aromatic rings. The Hall–Kier alpha value is -4.04. The van der Waals surface area contributed by atoms with Gasteiger partial charge >= 0.3 is 0 Å². The number of ether oxygens (including phenoxy) is 3. The largest absolute Gasteiger partial charge is 0.493 e. The number of nitrogens with zero attached hydrogens (tertiary/aromatic N) is 1. The topological polar surface area (TPSA) is 77.1 Å². The fraction of sp³-hybridized carbons (Fsp3) is 0.143. The summed E-state index contributed by atoms with van der Waals surface area (Å²) in [6.45, 7) is 4.40. The van der Waals surface area contributed by atoms with Crippen LogP contribution >= 0.6 is 15.9 Å². The average Bonchev–Trinajstić information content (AvgIpc) is 3.17. The summed E-state index contributed by atoms with van der Waals surface area (Å²) >= 11 is 3.51.